The van der Waals surface area contributed by atoms with Crippen LogP contribution in [0.15, 0.2) is 39.5 Å². The molecule has 0 amide bonds. The highest BCUT2D eigenvalue weighted by atomic mass is 16.7. The molecule has 0 saturated carbocycles. The third-order valence-corrected chi connectivity index (χ3v) is 5.43. The first kappa shape index (κ1) is 23.6. The number of ether oxygens (including phenoxy) is 3. The van der Waals surface area contributed by atoms with Crippen LogP contribution in [0.5, 0.6) is 28.7 Å². The van der Waals surface area contributed by atoms with E-state index in [4.69, 9.17) is 18.6 Å². The summed E-state index contributed by atoms with van der Waals surface area (Å²) in [5, 5.41) is 69.2. The summed E-state index contributed by atoms with van der Waals surface area (Å²) < 4.78 is 21.5. The number of aliphatic hydroxyl groups is 4. The molecule has 34 heavy (non-hydrogen) atoms. The van der Waals surface area contributed by atoms with Gasteiger partial charge in [-0.05, 0) is 18.2 Å². The van der Waals surface area contributed by atoms with Crippen LogP contribution in [0, 0.1) is 0 Å². The van der Waals surface area contributed by atoms with Gasteiger partial charge in [-0.3, -0.25) is 4.79 Å². The van der Waals surface area contributed by atoms with E-state index in [-0.39, 0.29) is 39.5 Å². The lowest BCUT2D eigenvalue weighted by molar-refractivity contribution is -0.277. The molecule has 7 N–H and O–H groups in total. The molecule has 12 nitrogen and oxygen atoms in total. The summed E-state index contributed by atoms with van der Waals surface area (Å²) in [5.74, 6) is -1.88. The summed E-state index contributed by atoms with van der Waals surface area (Å²) in [7, 11) is 1.22. The summed E-state index contributed by atoms with van der Waals surface area (Å²) >= 11 is 0. The second-order valence-electron chi connectivity index (χ2n) is 7.63. The molecular weight excluding hydrogens is 456 g/mol. The zero-order valence-corrected chi connectivity index (χ0v) is 17.7. The van der Waals surface area contributed by atoms with E-state index in [0.29, 0.717) is 0 Å². The number of rotatable bonds is 5. The van der Waals surface area contributed by atoms with Gasteiger partial charge in [-0.1, -0.05) is 0 Å². The Bertz CT molecular complexity index is 1270. The van der Waals surface area contributed by atoms with Crippen LogP contribution in [-0.4, -0.2) is 80.2 Å². The Balaban J connectivity index is 1.71. The maximum Gasteiger partial charge on any atom is 0.239 e. The van der Waals surface area contributed by atoms with Gasteiger partial charge >= 0.3 is 0 Å². The second kappa shape index (κ2) is 9.00. The predicted octanol–water partition coefficient (Wildman–Crippen LogP) is -0.236. The molecule has 0 spiro atoms. The topological polar surface area (TPSA) is 200 Å². The fourth-order valence-corrected chi connectivity index (χ4v) is 3.69. The molecule has 1 unspecified atom stereocenters. The van der Waals surface area contributed by atoms with Gasteiger partial charge in [-0.25, -0.2) is 0 Å². The molecule has 2 heterocycles. The van der Waals surface area contributed by atoms with Crippen molar-refractivity contribution in [3.63, 3.8) is 0 Å². The normalized spacial score (nSPS) is 24.8. The number of phenolic OH excluding ortho intramolecular Hbond substituents is 3. The van der Waals surface area contributed by atoms with Crippen LogP contribution in [0.3, 0.4) is 0 Å². The number of aliphatic hydroxyl groups excluding tert-OH is 4. The zero-order valence-electron chi connectivity index (χ0n) is 17.7. The van der Waals surface area contributed by atoms with Crippen LogP contribution >= 0.6 is 0 Å². The molecule has 3 aromatic rings. The van der Waals surface area contributed by atoms with E-state index in [9.17, 15) is 40.5 Å². The van der Waals surface area contributed by atoms with Crippen molar-refractivity contribution in [3.8, 4) is 40.1 Å². The third kappa shape index (κ3) is 3.97. The van der Waals surface area contributed by atoms with E-state index in [1.54, 1.807) is 0 Å². The number of benzene rings is 2. The molecule has 12 heteroatoms. The summed E-state index contributed by atoms with van der Waals surface area (Å²) in [4.78, 5) is 12.8. The highest BCUT2D eigenvalue weighted by molar-refractivity contribution is 5.88. The van der Waals surface area contributed by atoms with Crippen LogP contribution in [0.4, 0.5) is 0 Å². The highest BCUT2D eigenvalue weighted by Crippen LogP contribution is 2.39. The first-order valence-corrected chi connectivity index (χ1v) is 10.0. The Labute approximate surface area is 191 Å². The lowest BCUT2D eigenvalue weighted by Gasteiger charge is -2.39. The van der Waals surface area contributed by atoms with Crippen LogP contribution < -0.4 is 14.9 Å². The third-order valence-electron chi connectivity index (χ3n) is 5.43. The maximum atomic E-state index is 12.8. The van der Waals surface area contributed by atoms with E-state index in [0.717, 1.165) is 18.2 Å². The smallest absolute Gasteiger partial charge is 0.239 e. The molecule has 1 aliphatic heterocycles. The SMILES string of the molecule is COc1c(-c2ccc(OC3O[C@H](CO)[C@@H](O)[C@H](O)[C@H]3O)c(O)c2)oc2cc(O)cc(O)c2c1=O. The monoisotopic (exact) mass is 478 g/mol. The molecule has 2 aromatic carbocycles. The molecule has 1 aromatic heterocycles. The van der Waals surface area contributed by atoms with Gasteiger partial charge in [0.2, 0.25) is 17.5 Å². The number of aromatic hydroxyl groups is 3. The molecule has 0 bridgehead atoms. The minimum atomic E-state index is -1.68. The van der Waals surface area contributed by atoms with Gasteiger partial charge in [0, 0.05) is 17.7 Å². The molecule has 4 rings (SSSR count). The first-order valence-electron chi connectivity index (χ1n) is 10.0. The number of fused-ring (bicyclic) bond motifs is 1. The molecule has 1 aliphatic rings. The van der Waals surface area contributed by atoms with Crippen molar-refractivity contribution in [2.75, 3.05) is 13.7 Å². The first-order chi connectivity index (χ1) is 16.2. The van der Waals surface area contributed by atoms with E-state index >= 15 is 0 Å². The summed E-state index contributed by atoms with van der Waals surface area (Å²) in [5.41, 5.74) is -0.672. The molecule has 1 saturated heterocycles. The minimum absolute atomic E-state index is 0.111. The fourth-order valence-electron chi connectivity index (χ4n) is 3.69. The van der Waals surface area contributed by atoms with Gasteiger partial charge in [-0.2, -0.15) is 0 Å². The highest BCUT2D eigenvalue weighted by Gasteiger charge is 2.45. The van der Waals surface area contributed by atoms with Crippen molar-refractivity contribution in [2.45, 2.75) is 30.7 Å². The largest absolute Gasteiger partial charge is 0.508 e. The summed E-state index contributed by atoms with van der Waals surface area (Å²) in [6.07, 6.45) is -7.64. The quantitative estimate of drug-likeness (QED) is 0.254. The van der Waals surface area contributed by atoms with Crippen LogP contribution in [0.25, 0.3) is 22.3 Å². The van der Waals surface area contributed by atoms with Crippen molar-refractivity contribution in [1.82, 2.24) is 0 Å². The Morgan fingerprint density at radius 3 is 2.35 bits per heavy atom. The van der Waals surface area contributed by atoms with Gasteiger partial charge in [0.15, 0.2) is 17.3 Å². The van der Waals surface area contributed by atoms with Crippen molar-refractivity contribution >= 4 is 11.0 Å². The Morgan fingerprint density at radius 2 is 1.71 bits per heavy atom. The van der Waals surface area contributed by atoms with Crippen LogP contribution in [0.1, 0.15) is 0 Å². The predicted molar refractivity (Wildman–Crippen MR) is 114 cm³/mol. The Kier molecular flexibility index (Phi) is 6.25. The van der Waals surface area contributed by atoms with Gasteiger partial charge in [-0.15, -0.1) is 0 Å². The zero-order chi connectivity index (χ0) is 24.7. The van der Waals surface area contributed by atoms with Crippen LogP contribution in [0.2, 0.25) is 0 Å². The van der Waals surface area contributed by atoms with Crippen molar-refractivity contribution in [1.29, 1.82) is 0 Å². The molecule has 182 valence electrons. The van der Waals surface area contributed by atoms with Crippen molar-refractivity contribution < 1.29 is 54.4 Å². The summed E-state index contributed by atoms with van der Waals surface area (Å²) in [6, 6.07) is 5.92. The number of phenols is 3. The van der Waals surface area contributed by atoms with Crippen molar-refractivity contribution in [3.05, 3.63) is 40.6 Å². The number of hydrogen-bond donors (Lipinski definition) is 7. The van der Waals surface area contributed by atoms with E-state index in [2.05, 4.69) is 0 Å². The molecular formula is C22H22O12. The maximum absolute atomic E-state index is 12.8. The minimum Gasteiger partial charge on any atom is -0.508 e. The molecule has 0 radical (unpaired) electrons. The number of hydrogen-bond acceptors (Lipinski definition) is 12. The van der Waals surface area contributed by atoms with Gasteiger partial charge in [0.05, 0.1) is 13.7 Å². The molecule has 0 aliphatic carbocycles. The van der Waals surface area contributed by atoms with E-state index in [1.165, 1.54) is 19.2 Å². The second-order valence-corrected chi connectivity index (χ2v) is 7.63. The van der Waals surface area contributed by atoms with Crippen molar-refractivity contribution in [2.24, 2.45) is 0 Å². The van der Waals surface area contributed by atoms with Gasteiger partial charge in [0.25, 0.3) is 0 Å². The molecule has 5 atom stereocenters. The number of methoxy groups -OCH3 is 1. The molecule has 1 fully saturated rings. The fraction of sp³-hybridized carbons (Fsp3) is 0.318. The average Bonchev–Trinajstić information content (AvgIpc) is 2.79. The van der Waals surface area contributed by atoms with Gasteiger partial charge < -0.3 is 54.4 Å². The van der Waals surface area contributed by atoms with Gasteiger partial charge in [0.1, 0.15) is 46.9 Å². The average molecular weight is 478 g/mol. The Hall–Kier alpha value is -3.55. The summed E-state index contributed by atoms with van der Waals surface area (Å²) in [6.45, 7) is -0.651. The Morgan fingerprint density at radius 1 is 0.971 bits per heavy atom. The lowest BCUT2D eigenvalue weighted by atomic mass is 9.99. The standard InChI is InChI=1S/C22H22O12/c1-31-21-17(28)15-11(26)5-9(24)6-13(15)32-20(21)8-2-3-12(10(25)4-8)33-22-19(30)18(29)16(27)14(7-23)34-22/h2-6,14,16,18-19,22-27,29-30H,7H2,1H3/t14-,16-,18+,19-,22?/m1/s1. The lowest BCUT2D eigenvalue weighted by Crippen LogP contribution is -2.60. The van der Waals surface area contributed by atoms with Crippen LogP contribution in [-0.2, 0) is 4.74 Å². The van der Waals surface area contributed by atoms with E-state index in [1.807, 2.05) is 0 Å². The van der Waals surface area contributed by atoms with E-state index < -0.39 is 54.2 Å².